The van der Waals surface area contributed by atoms with E-state index < -0.39 is 0 Å². The predicted molar refractivity (Wildman–Crippen MR) is 102 cm³/mol. The van der Waals surface area contributed by atoms with Crippen LogP contribution < -0.4 is 5.32 Å². The maximum atomic E-state index is 5.44. The van der Waals surface area contributed by atoms with Crippen molar-refractivity contribution in [1.29, 1.82) is 0 Å². The van der Waals surface area contributed by atoms with E-state index in [9.17, 15) is 0 Å². The van der Waals surface area contributed by atoms with Gasteiger partial charge in [0.1, 0.15) is 0 Å². The van der Waals surface area contributed by atoms with Gasteiger partial charge in [0.2, 0.25) is 5.95 Å². The Kier molecular flexibility index (Phi) is 3.97. The average molecular weight is 363 g/mol. The van der Waals surface area contributed by atoms with Crippen molar-refractivity contribution in [3.63, 3.8) is 0 Å². The molecule has 0 amide bonds. The third-order valence-corrected chi connectivity index (χ3v) is 5.29. The van der Waals surface area contributed by atoms with Crippen LogP contribution in [0.15, 0.2) is 43.0 Å². The number of hydrogen-bond acceptors (Lipinski definition) is 6. The van der Waals surface area contributed by atoms with Gasteiger partial charge >= 0.3 is 0 Å². The number of nitrogens with zero attached hydrogens (tertiary/aromatic N) is 6. The van der Waals surface area contributed by atoms with Crippen molar-refractivity contribution >= 4 is 17.1 Å². The molecule has 4 aromatic heterocycles. The molecule has 4 heterocycles. The lowest BCUT2D eigenvalue weighted by Crippen LogP contribution is -2.30. The summed E-state index contributed by atoms with van der Waals surface area (Å²) in [7, 11) is 1.79. The second-order valence-electron chi connectivity index (χ2n) is 6.94. The first-order chi connectivity index (χ1) is 13.3. The van der Waals surface area contributed by atoms with Crippen LogP contribution >= 0.6 is 0 Å². The van der Waals surface area contributed by atoms with Crippen molar-refractivity contribution in [3.8, 4) is 11.3 Å². The van der Waals surface area contributed by atoms with Gasteiger partial charge in [0.25, 0.3) is 0 Å². The zero-order chi connectivity index (χ0) is 18.2. The summed E-state index contributed by atoms with van der Waals surface area (Å²) in [6.07, 6.45) is 12.1. The SMILES string of the molecule is COC1CCC(Nc2ncc3c(-c4ccc5nccn5n4)ccn3n2)CC1. The molecular weight excluding hydrogens is 342 g/mol. The third-order valence-electron chi connectivity index (χ3n) is 5.29. The Bertz CT molecular complexity index is 1080. The lowest BCUT2D eigenvalue weighted by molar-refractivity contribution is 0.0681. The van der Waals surface area contributed by atoms with Crippen molar-refractivity contribution in [2.45, 2.75) is 37.8 Å². The molecule has 0 bridgehead atoms. The van der Waals surface area contributed by atoms with Crippen LogP contribution in [0.5, 0.6) is 0 Å². The van der Waals surface area contributed by atoms with Crippen molar-refractivity contribution in [2.24, 2.45) is 0 Å². The maximum Gasteiger partial charge on any atom is 0.241 e. The van der Waals surface area contributed by atoms with Gasteiger partial charge in [0.05, 0.1) is 23.5 Å². The number of fused-ring (bicyclic) bond motifs is 2. The number of imidazole rings is 1. The first-order valence-corrected chi connectivity index (χ1v) is 9.24. The number of nitrogens with one attached hydrogen (secondary N) is 1. The highest BCUT2D eigenvalue weighted by molar-refractivity contribution is 5.78. The molecule has 0 spiro atoms. The third kappa shape index (κ3) is 3.02. The molecule has 1 N–H and O–H groups in total. The highest BCUT2D eigenvalue weighted by atomic mass is 16.5. The summed E-state index contributed by atoms with van der Waals surface area (Å²) in [5, 5.41) is 12.7. The maximum absolute atomic E-state index is 5.44. The molecule has 0 aliphatic heterocycles. The predicted octanol–water partition coefficient (Wildman–Crippen LogP) is 2.81. The molecule has 138 valence electrons. The Morgan fingerprint density at radius 3 is 2.74 bits per heavy atom. The summed E-state index contributed by atoms with van der Waals surface area (Å²) in [4.78, 5) is 8.76. The minimum atomic E-state index is 0.388. The van der Waals surface area contributed by atoms with Crippen LogP contribution in [0.1, 0.15) is 25.7 Å². The molecule has 1 saturated carbocycles. The lowest BCUT2D eigenvalue weighted by Gasteiger charge is -2.28. The van der Waals surface area contributed by atoms with Gasteiger partial charge in [-0.2, -0.15) is 5.10 Å². The number of anilines is 1. The van der Waals surface area contributed by atoms with E-state index in [0.29, 0.717) is 18.1 Å². The first kappa shape index (κ1) is 16.2. The fourth-order valence-electron chi connectivity index (χ4n) is 3.77. The Morgan fingerprint density at radius 1 is 1.00 bits per heavy atom. The van der Waals surface area contributed by atoms with Crippen molar-refractivity contribution < 1.29 is 4.74 Å². The van der Waals surface area contributed by atoms with Gasteiger partial charge in [-0.3, -0.25) is 0 Å². The Balaban J connectivity index is 1.39. The number of ether oxygens (including phenoxy) is 1. The summed E-state index contributed by atoms with van der Waals surface area (Å²) < 4.78 is 9.06. The molecule has 0 unspecified atom stereocenters. The van der Waals surface area contributed by atoms with E-state index in [2.05, 4.69) is 25.5 Å². The van der Waals surface area contributed by atoms with Gasteiger partial charge < -0.3 is 10.1 Å². The summed E-state index contributed by atoms with van der Waals surface area (Å²) in [5.74, 6) is 0.656. The van der Waals surface area contributed by atoms with Crippen molar-refractivity contribution in [1.82, 2.24) is 29.2 Å². The van der Waals surface area contributed by atoms with E-state index in [1.807, 2.05) is 41.3 Å². The summed E-state index contributed by atoms with van der Waals surface area (Å²) >= 11 is 0. The fraction of sp³-hybridized carbons (Fsp3) is 0.368. The van der Waals surface area contributed by atoms with E-state index >= 15 is 0 Å². The van der Waals surface area contributed by atoms with Crippen LogP contribution in [0.4, 0.5) is 5.95 Å². The minimum absolute atomic E-state index is 0.388. The lowest BCUT2D eigenvalue weighted by atomic mass is 9.93. The van der Waals surface area contributed by atoms with E-state index in [-0.39, 0.29) is 0 Å². The monoisotopic (exact) mass is 363 g/mol. The molecule has 0 saturated heterocycles. The largest absolute Gasteiger partial charge is 0.381 e. The average Bonchev–Trinajstić information content (AvgIpc) is 3.34. The molecule has 8 nitrogen and oxygen atoms in total. The van der Waals surface area contributed by atoms with Crippen LogP contribution in [-0.2, 0) is 4.74 Å². The molecule has 5 rings (SSSR count). The van der Waals surface area contributed by atoms with Gasteiger partial charge in [-0.25, -0.2) is 19.0 Å². The highest BCUT2D eigenvalue weighted by Crippen LogP contribution is 2.25. The molecule has 4 aromatic rings. The van der Waals surface area contributed by atoms with Crippen LogP contribution in [0.2, 0.25) is 0 Å². The second kappa shape index (κ2) is 6.62. The van der Waals surface area contributed by atoms with Gasteiger partial charge in [-0.05, 0) is 43.9 Å². The minimum Gasteiger partial charge on any atom is -0.381 e. The highest BCUT2D eigenvalue weighted by Gasteiger charge is 2.21. The Morgan fingerprint density at radius 2 is 1.89 bits per heavy atom. The van der Waals surface area contributed by atoms with Crippen LogP contribution in [-0.4, -0.2) is 48.5 Å². The van der Waals surface area contributed by atoms with Crippen LogP contribution in [0, 0.1) is 0 Å². The number of rotatable bonds is 4. The van der Waals surface area contributed by atoms with Crippen LogP contribution in [0.25, 0.3) is 22.4 Å². The molecule has 0 aromatic carbocycles. The molecule has 27 heavy (non-hydrogen) atoms. The normalized spacial score (nSPS) is 20.3. The molecule has 1 fully saturated rings. The first-order valence-electron chi connectivity index (χ1n) is 9.24. The zero-order valence-corrected chi connectivity index (χ0v) is 15.1. The summed E-state index contributed by atoms with van der Waals surface area (Å²) in [5.41, 5.74) is 3.62. The summed E-state index contributed by atoms with van der Waals surface area (Å²) in [6.45, 7) is 0. The quantitative estimate of drug-likeness (QED) is 0.600. The van der Waals surface area contributed by atoms with Crippen LogP contribution in [0.3, 0.4) is 0 Å². The molecule has 8 heteroatoms. The smallest absolute Gasteiger partial charge is 0.241 e. The number of methoxy groups -OCH3 is 1. The Hall–Kier alpha value is -3.00. The molecule has 0 radical (unpaired) electrons. The van der Waals surface area contributed by atoms with E-state index in [0.717, 1.165) is 48.1 Å². The zero-order valence-electron chi connectivity index (χ0n) is 15.1. The summed E-state index contributed by atoms with van der Waals surface area (Å²) in [6, 6.07) is 6.34. The number of aromatic nitrogens is 6. The van der Waals surface area contributed by atoms with Gasteiger partial charge in [0, 0.05) is 37.3 Å². The van der Waals surface area contributed by atoms with E-state index in [1.54, 1.807) is 17.8 Å². The molecular formula is C19H21N7O. The second-order valence-corrected chi connectivity index (χ2v) is 6.94. The molecule has 1 aliphatic rings. The fourth-order valence-corrected chi connectivity index (χ4v) is 3.77. The van der Waals surface area contributed by atoms with Crippen molar-refractivity contribution in [3.05, 3.63) is 43.0 Å². The van der Waals surface area contributed by atoms with Crippen molar-refractivity contribution in [2.75, 3.05) is 12.4 Å². The standard InChI is InChI=1S/C19H21N7O/c1-27-14-4-2-13(3-5-14)22-19-21-12-17-15(8-10-25(17)24-19)16-6-7-18-20-9-11-26(18)23-16/h6-14H,2-5H2,1H3,(H,22,24). The molecule has 1 aliphatic carbocycles. The van der Waals surface area contributed by atoms with Gasteiger partial charge in [-0.1, -0.05) is 0 Å². The van der Waals surface area contributed by atoms with Gasteiger partial charge in [-0.15, -0.1) is 5.10 Å². The van der Waals surface area contributed by atoms with E-state index in [4.69, 9.17) is 4.74 Å². The van der Waals surface area contributed by atoms with E-state index in [1.165, 1.54) is 0 Å². The van der Waals surface area contributed by atoms with Gasteiger partial charge in [0.15, 0.2) is 5.65 Å². The molecule has 0 atom stereocenters. The number of hydrogen-bond donors (Lipinski definition) is 1. The Labute approximate surface area is 156 Å². The topological polar surface area (TPSA) is 81.6 Å².